The molecule has 2 aromatic carbocycles. The Morgan fingerprint density at radius 3 is 2.48 bits per heavy atom. The molecule has 0 bridgehead atoms. The molecular weight excluding hydrogens is 362 g/mol. The van der Waals surface area contributed by atoms with Gasteiger partial charge in [0.05, 0.1) is 24.3 Å². The molecule has 1 aliphatic heterocycles. The summed E-state index contributed by atoms with van der Waals surface area (Å²) < 4.78 is 10.3. The quantitative estimate of drug-likeness (QED) is 0.747. The van der Waals surface area contributed by atoms with Crippen LogP contribution in [0.3, 0.4) is 0 Å². The molecule has 0 aromatic heterocycles. The van der Waals surface area contributed by atoms with Crippen molar-refractivity contribution in [2.24, 2.45) is 4.99 Å². The number of rotatable bonds is 5. The van der Waals surface area contributed by atoms with Crippen LogP contribution in [0.25, 0.3) is 6.08 Å². The van der Waals surface area contributed by atoms with E-state index < -0.39 is 5.97 Å². The zero-order valence-electron chi connectivity index (χ0n) is 15.0. The van der Waals surface area contributed by atoms with Crippen LogP contribution in [-0.2, 0) is 9.53 Å². The fourth-order valence-electron chi connectivity index (χ4n) is 2.49. The Morgan fingerprint density at radius 1 is 1.15 bits per heavy atom. The van der Waals surface area contributed by atoms with Crippen LogP contribution in [0, 0.1) is 0 Å². The third kappa shape index (κ3) is 4.41. The van der Waals surface area contributed by atoms with Gasteiger partial charge in [-0.1, -0.05) is 42.1 Å². The van der Waals surface area contributed by atoms with Gasteiger partial charge in [0.25, 0.3) is 0 Å². The van der Waals surface area contributed by atoms with Crippen LogP contribution in [0.1, 0.15) is 12.5 Å². The third-order valence-corrected chi connectivity index (χ3v) is 4.78. The number of para-hydroxylation sites is 1. The smallest absolute Gasteiger partial charge is 0.344 e. The van der Waals surface area contributed by atoms with Gasteiger partial charge >= 0.3 is 5.97 Å². The maximum absolute atomic E-state index is 12.2. The predicted molar refractivity (Wildman–Crippen MR) is 108 cm³/mol. The van der Waals surface area contributed by atoms with E-state index in [9.17, 15) is 9.90 Å². The van der Waals surface area contributed by atoms with E-state index in [-0.39, 0.29) is 11.3 Å². The molecule has 0 saturated carbocycles. The minimum Gasteiger partial charge on any atom is -0.506 e. The zero-order chi connectivity index (χ0) is 19.2. The highest BCUT2D eigenvalue weighted by molar-refractivity contribution is 8.18. The minimum absolute atomic E-state index is 0.0727. The molecule has 0 radical (unpaired) electrons. The number of carbonyl (C=O) groups is 1. The summed E-state index contributed by atoms with van der Waals surface area (Å²) in [5.41, 5.74) is 1.64. The molecule has 2 aromatic rings. The van der Waals surface area contributed by atoms with E-state index in [2.05, 4.69) is 4.99 Å². The molecule has 138 valence electrons. The SMILES string of the molecule is CCOc1ccc(/C=C2/SC(=Nc3ccccc3)C(C(=O)OC)=C2O)cc1. The first kappa shape index (κ1) is 18.8. The Bertz CT molecular complexity index is 915. The number of aliphatic imine (C=N–C) groups is 1. The molecule has 0 saturated heterocycles. The number of carbonyl (C=O) groups excluding carboxylic acids is 1. The topological polar surface area (TPSA) is 68.1 Å². The highest BCUT2D eigenvalue weighted by Gasteiger charge is 2.32. The lowest BCUT2D eigenvalue weighted by molar-refractivity contribution is -0.135. The summed E-state index contributed by atoms with van der Waals surface area (Å²) in [6, 6.07) is 16.7. The molecule has 6 heteroatoms. The summed E-state index contributed by atoms with van der Waals surface area (Å²) in [6.45, 7) is 2.53. The van der Waals surface area contributed by atoms with Crippen molar-refractivity contribution in [1.29, 1.82) is 0 Å². The van der Waals surface area contributed by atoms with E-state index >= 15 is 0 Å². The summed E-state index contributed by atoms with van der Waals surface area (Å²) in [4.78, 5) is 17.2. The van der Waals surface area contributed by atoms with Gasteiger partial charge in [-0.05, 0) is 42.8 Å². The maximum atomic E-state index is 12.2. The van der Waals surface area contributed by atoms with Crippen LogP contribution < -0.4 is 4.74 Å². The number of aliphatic hydroxyl groups is 1. The molecule has 0 unspecified atom stereocenters. The standard InChI is InChI=1S/C21H19NO4S/c1-3-26-16-11-9-14(10-12-16)13-17-19(23)18(21(24)25-2)20(27-17)22-15-7-5-4-6-8-15/h4-13,23H,3H2,1-2H3/b17-13+,22-20?. The summed E-state index contributed by atoms with van der Waals surface area (Å²) in [5.74, 6) is 0.0280. The van der Waals surface area contributed by atoms with Crippen molar-refractivity contribution in [2.75, 3.05) is 13.7 Å². The molecule has 0 aliphatic carbocycles. The molecule has 5 nitrogen and oxygen atoms in total. The Morgan fingerprint density at radius 2 is 1.85 bits per heavy atom. The largest absolute Gasteiger partial charge is 0.506 e. The van der Waals surface area contributed by atoms with E-state index in [1.165, 1.54) is 18.9 Å². The first-order valence-corrected chi connectivity index (χ1v) is 9.22. The second kappa shape index (κ2) is 8.60. The van der Waals surface area contributed by atoms with E-state index in [0.717, 1.165) is 11.3 Å². The second-order valence-corrected chi connectivity index (χ2v) is 6.61. The number of esters is 1. The van der Waals surface area contributed by atoms with Crippen molar-refractivity contribution in [2.45, 2.75) is 6.92 Å². The molecule has 1 heterocycles. The van der Waals surface area contributed by atoms with Gasteiger partial charge in [0.2, 0.25) is 0 Å². The Hall–Kier alpha value is -2.99. The van der Waals surface area contributed by atoms with Crippen LogP contribution in [0.2, 0.25) is 0 Å². The first-order valence-electron chi connectivity index (χ1n) is 8.40. The lowest BCUT2D eigenvalue weighted by Gasteiger charge is -2.03. The fraction of sp³-hybridized carbons (Fsp3) is 0.143. The monoisotopic (exact) mass is 381 g/mol. The van der Waals surface area contributed by atoms with Gasteiger partial charge in [-0.3, -0.25) is 0 Å². The normalized spacial score (nSPS) is 16.8. The van der Waals surface area contributed by atoms with E-state index in [0.29, 0.717) is 22.2 Å². The van der Waals surface area contributed by atoms with Crippen LogP contribution in [0.15, 0.2) is 75.8 Å². The number of ether oxygens (including phenoxy) is 2. The Kier molecular flexibility index (Phi) is 5.98. The van der Waals surface area contributed by atoms with Gasteiger partial charge in [-0.2, -0.15) is 0 Å². The lowest BCUT2D eigenvalue weighted by atomic mass is 10.1. The first-order chi connectivity index (χ1) is 13.1. The van der Waals surface area contributed by atoms with Gasteiger partial charge in [0, 0.05) is 0 Å². The summed E-state index contributed by atoms with van der Waals surface area (Å²) >= 11 is 1.23. The Balaban J connectivity index is 1.96. The van der Waals surface area contributed by atoms with Crippen LogP contribution in [0.4, 0.5) is 5.69 Å². The van der Waals surface area contributed by atoms with Crippen molar-refractivity contribution in [3.8, 4) is 5.75 Å². The number of methoxy groups -OCH3 is 1. The molecule has 1 aliphatic rings. The van der Waals surface area contributed by atoms with Crippen molar-refractivity contribution < 1.29 is 19.4 Å². The minimum atomic E-state index is -0.621. The van der Waals surface area contributed by atoms with Gasteiger partial charge < -0.3 is 14.6 Å². The number of thioether (sulfide) groups is 1. The summed E-state index contributed by atoms with van der Waals surface area (Å²) in [5, 5.41) is 11.0. The van der Waals surface area contributed by atoms with Crippen molar-refractivity contribution in [3.63, 3.8) is 0 Å². The molecular formula is C21H19NO4S. The van der Waals surface area contributed by atoms with Crippen molar-refractivity contribution in [1.82, 2.24) is 0 Å². The average Bonchev–Trinajstić information content (AvgIpc) is 2.98. The van der Waals surface area contributed by atoms with Gasteiger partial charge in [-0.25, -0.2) is 9.79 Å². The predicted octanol–water partition coefficient (Wildman–Crippen LogP) is 4.89. The van der Waals surface area contributed by atoms with E-state index in [1.54, 1.807) is 6.08 Å². The lowest BCUT2D eigenvalue weighted by Crippen LogP contribution is -2.10. The highest BCUT2D eigenvalue weighted by atomic mass is 32.2. The number of aliphatic hydroxyl groups excluding tert-OH is 1. The van der Waals surface area contributed by atoms with Gasteiger partial charge in [0.1, 0.15) is 22.1 Å². The number of nitrogens with zero attached hydrogens (tertiary/aromatic N) is 1. The zero-order valence-corrected chi connectivity index (χ0v) is 15.8. The average molecular weight is 381 g/mol. The summed E-state index contributed by atoms with van der Waals surface area (Å²) in [7, 11) is 1.28. The van der Waals surface area contributed by atoms with Crippen LogP contribution in [0.5, 0.6) is 5.75 Å². The number of hydrogen-bond acceptors (Lipinski definition) is 6. The van der Waals surface area contributed by atoms with Gasteiger partial charge in [-0.15, -0.1) is 0 Å². The van der Waals surface area contributed by atoms with Crippen LogP contribution >= 0.6 is 11.8 Å². The molecule has 0 atom stereocenters. The second-order valence-electron chi connectivity index (χ2n) is 5.58. The number of hydrogen-bond donors (Lipinski definition) is 1. The number of benzene rings is 2. The van der Waals surface area contributed by atoms with E-state index in [4.69, 9.17) is 9.47 Å². The van der Waals surface area contributed by atoms with Crippen molar-refractivity contribution >= 4 is 34.5 Å². The third-order valence-electron chi connectivity index (χ3n) is 3.76. The maximum Gasteiger partial charge on any atom is 0.344 e. The molecule has 27 heavy (non-hydrogen) atoms. The molecule has 0 fully saturated rings. The van der Waals surface area contributed by atoms with E-state index in [1.807, 2.05) is 61.5 Å². The van der Waals surface area contributed by atoms with Crippen LogP contribution in [-0.4, -0.2) is 29.8 Å². The molecule has 0 spiro atoms. The van der Waals surface area contributed by atoms with Crippen molar-refractivity contribution in [3.05, 3.63) is 76.4 Å². The molecule has 0 amide bonds. The summed E-state index contributed by atoms with van der Waals surface area (Å²) in [6.07, 6.45) is 1.80. The fourth-order valence-corrected chi connectivity index (χ4v) is 3.52. The highest BCUT2D eigenvalue weighted by Crippen LogP contribution is 2.40. The molecule has 1 N–H and O–H groups in total. The Labute approximate surface area is 162 Å². The molecule has 3 rings (SSSR count). The van der Waals surface area contributed by atoms with Gasteiger partial charge in [0.15, 0.2) is 0 Å².